The van der Waals surface area contributed by atoms with E-state index in [2.05, 4.69) is 20.6 Å². The van der Waals surface area contributed by atoms with Gasteiger partial charge in [0.05, 0.1) is 17.9 Å². The molecule has 1 atom stereocenters. The molecule has 0 saturated heterocycles. The lowest BCUT2D eigenvalue weighted by Gasteiger charge is -2.16. The molecule has 0 aliphatic rings. The van der Waals surface area contributed by atoms with Crippen LogP contribution in [0, 0.1) is 0 Å². The van der Waals surface area contributed by atoms with Crippen LogP contribution in [0.1, 0.15) is 52.3 Å². The van der Waals surface area contributed by atoms with Crippen LogP contribution in [0.5, 0.6) is 5.75 Å². The van der Waals surface area contributed by atoms with E-state index >= 15 is 0 Å². The van der Waals surface area contributed by atoms with E-state index < -0.39 is 6.04 Å². The molecule has 0 aliphatic heterocycles. The van der Waals surface area contributed by atoms with Crippen molar-refractivity contribution in [3.63, 3.8) is 0 Å². The van der Waals surface area contributed by atoms with Crippen molar-refractivity contribution in [2.24, 2.45) is 0 Å². The molecule has 1 aromatic carbocycles. The lowest BCUT2D eigenvalue weighted by molar-refractivity contribution is -0.124. The first-order chi connectivity index (χ1) is 14.3. The maximum Gasteiger partial charge on any atom is 0.254 e. The van der Waals surface area contributed by atoms with Gasteiger partial charge in [0.2, 0.25) is 11.8 Å². The van der Waals surface area contributed by atoms with Crippen LogP contribution in [-0.2, 0) is 22.4 Å². The summed E-state index contributed by atoms with van der Waals surface area (Å²) < 4.78 is 5.84. The first-order valence-electron chi connectivity index (χ1n) is 10.3. The van der Waals surface area contributed by atoms with E-state index in [0.29, 0.717) is 47.8 Å². The van der Waals surface area contributed by atoms with Gasteiger partial charge in [0.25, 0.3) is 5.56 Å². The van der Waals surface area contributed by atoms with Crippen LogP contribution in [0.15, 0.2) is 23.0 Å². The minimum atomic E-state index is -0.685. The van der Waals surface area contributed by atoms with E-state index in [-0.39, 0.29) is 17.4 Å². The van der Waals surface area contributed by atoms with Crippen LogP contribution in [0.3, 0.4) is 0 Å². The molecular weight excluding hydrogens is 384 g/mol. The molecule has 0 spiro atoms. The Labute approximate surface area is 176 Å². The highest BCUT2D eigenvalue weighted by molar-refractivity contribution is 5.97. The molecule has 2 rings (SSSR count). The molecule has 3 N–H and O–H groups in total. The zero-order valence-corrected chi connectivity index (χ0v) is 18.2. The monoisotopic (exact) mass is 414 g/mol. The summed E-state index contributed by atoms with van der Waals surface area (Å²) in [5, 5.41) is 5.33. The number of nitrogens with one attached hydrogen (secondary N) is 3. The summed E-state index contributed by atoms with van der Waals surface area (Å²) in [6, 6.07) is 4.48. The van der Waals surface area contributed by atoms with Crippen LogP contribution in [-0.4, -0.2) is 34.4 Å². The fourth-order valence-corrected chi connectivity index (χ4v) is 3.08. The average molecular weight is 415 g/mol. The van der Waals surface area contributed by atoms with Crippen LogP contribution < -0.4 is 20.9 Å². The summed E-state index contributed by atoms with van der Waals surface area (Å²) in [6.07, 6.45) is 2.06. The number of nitrogens with zero attached hydrogens (tertiary/aromatic N) is 1. The largest absolute Gasteiger partial charge is 0.493 e. The molecule has 8 heteroatoms. The highest BCUT2D eigenvalue weighted by Crippen LogP contribution is 2.31. The van der Waals surface area contributed by atoms with E-state index in [9.17, 15) is 14.4 Å². The van der Waals surface area contributed by atoms with E-state index in [1.807, 2.05) is 20.8 Å². The van der Waals surface area contributed by atoms with Crippen molar-refractivity contribution in [1.29, 1.82) is 0 Å². The number of carbonyl (C=O) groups excluding carboxylic acids is 2. The Morgan fingerprint density at radius 1 is 1.20 bits per heavy atom. The number of H-pyrrole nitrogens is 1. The van der Waals surface area contributed by atoms with Crippen molar-refractivity contribution in [3.05, 3.63) is 39.8 Å². The third-order valence-corrected chi connectivity index (χ3v) is 4.57. The Hall–Kier alpha value is -3.16. The number of ether oxygens (including phenoxy) is 1. The lowest BCUT2D eigenvalue weighted by Crippen LogP contribution is -2.40. The maximum absolute atomic E-state index is 12.6. The lowest BCUT2D eigenvalue weighted by atomic mass is 10.1. The Morgan fingerprint density at radius 3 is 2.53 bits per heavy atom. The smallest absolute Gasteiger partial charge is 0.254 e. The van der Waals surface area contributed by atoms with E-state index in [1.54, 1.807) is 25.1 Å². The van der Waals surface area contributed by atoms with Crippen LogP contribution >= 0.6 is 0 Å². The Kier molecular flexibility index (Phi) is 8.15. The van der Waals surface area contributed by atoms with Crippen molar-refractivity contribution in [2.45, 2.75) is 59.9 Å². The summed E-state index contributed by atoms with van der Waals surface area (Å²) in [6.45, 7) is 9.35. The number of aromatic amines is 1. The van der Waals surface area contributed by atoms with Gasteiger partial charge in [-0.15, -0.1) is 0 Å². The molecule has 0 bridgehead atoms. The number of hydrogen-bond donors (Lipinski definition) is 3. The highest BCUT2D eigenvalue weighted by atomic mass is 16.5. The number of aryl methyl sites for hydroxylation is 1. The van der Waals surface area contributed by atoms with Crippen molar-refractivity contribution in [1.82, 2.24) is 15.3 Å². The topological polar surface area (TPSA) is 113 Å². The van der Waals surface area contributed by atoms with Crippen molar-refractivity contribution in [2.75, 3.05) is 11.9 Å². The van der Waals surface area contributed by atoms with Gasteiger partial charge in [0.1, 0.15) is 17.6 Å². The molecule has 1 aromatic heterocycles. The molecule has 30 heavy (non-hydrogen) atoms. The fraction of sp³-hybridized carbons (Fsp3) is 0.455. The summed E-state index contributed by atoms with van der Waals surface area (Å²) in [5.74, 6) is 0.326. The number of benzene rings is 1. The van der Waals surface area contributed by atoms with Gasteiger partial charge in [0.15, 0.2) is 0 Å². The minimum Gasteiger partial charge on any atom is -0.493 e. The molecule has 2 aromatic rings. The van der Waals surface area contributed by atoms with Crippen molar-refractivity contribution in [3.8, 4) is 17.1 Å². The summed E-state index contributed by atoms with van der Waals surface area (Å²) in [5.41, 5.74) is 2.34. The van der Waals surface area contributed by atoms with Gasteiger partial charge in [-0.2, -0.15) is 0 Å². The van der Waals surface area contributed by atoms with Gasteiger partial charge in [-0.05, 0) is 44.4 Å². The predicted molar refractivity (Wildman–Crippen MR) is 117 cm³/mol. The predicted octanol–water partition coefficient (Wildman–Crippen LogP) is 2.81. The van der Waals surface area contributed by atoms with Gasteiger partial charge in [-0.3, -0.25) is 14.4 Å². The third kappa shape index (κ3) is 5.68. The molecule has 0 saturated carbocycles. The summed E-state index contributed by atoms with van der Waals surface area (Å²) in [7, 11) is 0. The summed E-state index contributed by atoms with van der Waals surface area (Å²) >= 11 is 0. The average Bonchev–Trinajstić information content (AvgIpc) is 2.71. The zero-order valence-electron chi connectivity index (χ0n) is 18.2. The van der Waals surface area contributed by atoms with Gasteiger partial charge < -0.3 is 20.4 Å². The number of amides is 2. The Morgan fingerprint density at radius 2 is 1.93 bits per heavy atom. The summed E-state index contributed by atoms with van der Waals surface area (Å²) in [4.78, 5) is 43.6. The van der Waals surface area contributed by atoms with E-state index in [4.69, 9.17) is 4.74 Å². The van der Waals surface area contributed by atoms with Crippen LogP contribution in [0.2, 0.25) is 0 Å². The van der Waals surface area contributed by atoms with E-state index in [1.165, 1.54) is 6.92 Å². The molecule has 2 amide bonds. The number of aromatic nitrogens is 2. The first kappa shape index (κ1) is 23.1. The standard InChI is InChI=1S/C22H30N4O4/c1-6-11-30-19-10-9-15(24-21(28)13(4)23-14(5)27)12-17(19)20-25-18(8-3)16(7-2)22(29)26-20/h9-10,12-13H,6-8,11H2,1-5H3,(H,23,27)(H,24,28)(H,25,26,29). The van der Waals surface area contributed by atoms with E-state index in [0.717, 1.165) is 12.1 Å². The molecule has 0 fully saturated rings. The molecule has 1 heterocycles. The van der Waals surface area contributed by atoms with Crippen LogP contribution in [0.4, 0.5) is 5.69 Å². The number of rotatable bonds is 9. The molecule has 0 aliphatic carbocycles. The highest BCUT2D eigenvalue weighted by Gasteiger charge is 2.17. The fourth-order valence-electron chi connectivity index (χ4n) is 3.08. The Balaban J connectivity index is 2.47. The minimum absolute atomic E-state index is 0.172. The van der Waals surface area contributed by atoms with Gasteiger partial charge >= 0.3 is 0 Å². The molecule has 0 radical (unpaired) electrons. The van der Waals surface area contributed by atoms with Crippen molar-refractivity contribution < 1.29 is 14.3 Å². The maximum atomic E-state index is 12.6. The van der Waals surface area contributed by atoms with Crippen molar-refractivity contribution >= 4 is 17.5 Å². The second kappa shape index (κ2) is 10.6. The van der Waals surface area contributed by atoms with Gasteiger partial charge in [-0.1, -0.05) is 20.8 Å². The number of anilines is 1. The second-order valence-electron chi connectivity index (χ2n) is 7.02. The molecule has 162 valence electrons. The SMILES string of the molecule is CCCOc1ccc(NC(=O)C(C)NC(C)=O)cc1-c1nc(CC)c(CC)c(=O)[nH]1. The third-order valence-electron chi connectivity index (χ3n) is 4.57. The zero-order chi connectivity index (χ0) is 22.3. The second-order valence-corrected chi connectivity index (χ2v) is 7.02. The number of carbonyl (C=O) groups is 2. The quantitative estimate of drug-likeness (QED) is 0.584. The normalized spacial score (nSPS) is 11.6. The van der Waals surface area contributed by atoms with Gasteiger partial charge in [-0.25, -0.2) is 4.98 Å². The van der Waals surface area contributed by atoms with Crippen LogP contribution in [0.25, 0.3) is 11.4 Å². The first-order valence-corrected chi connectivity index (χ1v) is 10.3. The number of hydrogen-bond acceptors (Lipinski definition) is 5. The molecule has 1 unspecified atom stereocenters. The van der Waals surface area contributed by atoms with Gasteiger partial charge in [0, 0.05) is 18.2 Å². The Bertz CT molecular complexity index is 968. The molecule has 8 nitrogen and oxygen atoms in total. The molecular formula is C22H30N4O4.